The van der Waals surface area contributed by atoms with E-state index >= 15 is 0 Å². The van der Waals surface area contributed by atoms with Crippen LogP contribution in [-0.4, -0.2) is 12.6 Å². The second-order valence-electron chi connectivity index (χ2n) is 6.75. The minimum Gasteiger partial charge on any atom is -0.465 e. The highest BCUT2D eigenvalue weighted by Crippen LogP contribution is 2.14. The van der Waals surface area contributed by atoms with Gasteiger partial charge in [-0.2, -0.15) is 0 Å². The van der Waals surface area contributed by atoms with Crippen LogP contribution < -0.4 is 0 Å². The molecule has 0 aliphatic carbocycles. The predicted octanol–water partition coefficient (Wildman–Crippen LogP) is 6.67. The predicted molar refractivity (Wildman–Crippen MR) is 96.1 cm³/mol. The monoisotopic (exact) mass is 312 g/mol. The molecule has 0 saturated heterocycles. The topological polar surface area (TPSA) is 26.3 Å². The average molecular weight is 313 g/mol. The molecule has 0 amide bonds. The first-order chi connectivity index (χ1) is 10.7. The molecular weight excluding hydrogens is 272 g/mol. The molecule has 0 radical (unpaired) electrons. The Morgan fingerprint density at radius 3 is 1.73 bits per heavy atom. The van der Waals surface area contributed by atoms with Crippen molar-refractivity contribution in [3.63, 3.8) is 0 Å². The van der Waals surface area contributed by atoms with Gasteiger partial charge in [0, 0.05) is 0 Å². The molecule has 0 saturated carbocycles. The highest BCUT2D eigenvalue weighted by atomic mass is 16.5. The molecule has 1 atom stereocenters. The fourth-order valence-electron chi connectivity index (χ4n) is 2.72. The van der Waals surface area contributed by atoms with Gasteiger partial charge in [0.25, 0.3) is 0 Å². The largest absolute Gasteiger partial charge is 0.465 e. The molecule has 1 unspecified atom stereocenters. The van der Waals surface area contributed by atoms with Crippen LogP contribution in [0, 0.1) is 5.92 Å². The number of rotatable bonds is 16. The third kappa shape index (κ3) is 14.4. The van der Waals surface area contributed by atoms with E-state index in [4.69, 9.17) is 4.74 Å². The van der Waals surface area contributed by atoms with E-state index in [1.165, 1.54) is 70.6 Å². The van der Waals surface area contributed by atoms with Gasteiger partial charge >= 0.3 is 5.97 Å². The zero-order chi connectivity index (χ0) is 16.5. The van der Waals surface area contributed by atoms with Gasteiger partial charge in [-0.05, 0) is 12.8 Å². The Bertz CT molecular complexity index is 238. The third-order valence-corrected chi connectivity index (χ3v) is 4.39. The van der Waals surface area contributed by atoms with Gasteiger partial charge in [0.1, 0.15) is 0 Å². The lowest BCUT2D eigenvalue weighted by atomic mass is 10.0. The van der Waals surface area contributed by atoms with Gasteiger partial charge < -0.3 is 4.74 Å². The van der Waals surface area contributed by atoms with Crippen LogP contribution in [0.2, 0.25) is 0 Å². The second-order valence-corrected chi connectivity index (χ2v) is 6.75. The molecule has 2 nitrogen and oxygen atoms in total. The van der Waals surface area contributed by atoms with Crippen LogP contribution in [0.1, 0.15) is 111 Å². The first-order valence-electron chi connectivity index (χ1n) is 9.89. The summed E-state index contributed by atoms with van der Waals surface area (Å²) in [4.78, 5) is 11.9. The highest BCUT2D eigenvalue weighted by Gasteiger charge is 2.13. The molecule has 132 valence electrons. The summed E-state index contributed by atoms with van der Waals surface area (Å²) < 4.78 is 5.39. The van der Waals surface area contributed by atoms with Gasteiger partial charge in [-0.25, -0.2) is 0 Å². The number of carbonyl (C=O) groups is 1. The maximum absolute atomic E-state index is 11.9. The lowest BCUT2D eigenvalue weighted by Crippen LogP contribution is -2.15. The summed E-state index contributed by atoms with van der Waals surface area (Å²) in [5, 5.41) is 0. The van der Waals surface area contributed by atoms with Crippen LogP contribution in [0.15, 0.2) is 0 Å². The van der Waals surface area contributed by atoms with E-state index in [-0.39, 0.29) is 11.9 Å². The average Bonchev–Trinajstić information content (AvgIpc) is 2.52. The fourth-order valence-corrected chi connectivity index (χ4v) is 2.72. The highest BCUT2D eigenvalue weighted by molar-refractivity contribution is 5.71. The third-order valence-electron chi connectivity index (χ3n) is 4.39. The molecule has 22 heavy (non-hydrogen) atoms. The molecule has 0 N–H and O–H groups in total. The number of ether oxygens (including phenoxy) is 1. The van der Waals surface area contributed by atoms with E-state index in [0.717, 1.165) is 19.3 Å². The SMILES string of the molecule is CCCCCCCCCOC(=O)C(C)CCCCCCCC. The van der Waals surface area contributed by atoms with Crippen molar-refractivity contribution in [2.45, 2.75) is 111 Å². The van der Waals surface area contributed by atoms with Crippen molar-refractivity contribution < 1.29 is 9.53 Å². The minimum absolute atomic E-state index is 0.0135. The molecule has 0 aromatic rings. The van der Waals surface area contributed by atoms with E-state index in [1.807, 2.05) is 6.92 Å². The first-order valence-corrected chi connectivity index (χ1v) is 9.89. The second kappa shape index (κ2) is 16.8. The molecule has 2 heteroatoms. The maximum Gasteiger partial charge on any atom is 0.308 e. The van der Waals surface area contributed by atoms with Crippen molar-refractivity contribution in [3.8, 4) is 0 Å². The van der Waals surface area contributed by atoms with E-state index in [2.05, 4.69) is 13.8 Å². The Hall–Kier alpha value is -0.530. The molecular formula is C20H40O2. The van der Waals surface area contributed by atoms with Crippen LogP contribution in [0.4, 0.5) is 0 Å². The lowest BCUT2D eigenvalue weighted by Gasteiger charge is -2.11. The number of esters is 1. The zero-order valence-electron chi connectivity index (χ0n) is 15.5. The van der Waals surface area contributed by atoms with Crippen LogP contribution in [0.5, 0.6) is 0 Å². The van der Waals surface area contributed by atoms with Gasteiger partial charge in [-0.15, -0.1) is 0 Å². The van der Waals surface area contributed by atoms with E-state index < -0.39 is 0 Å². The first kappa shape index (κ1) is 21.5. The number of carbonyl (C=O) groups excluding carboxylic acids is 1. The molecule has 0 heterocycles. The van der Waals surface area contributed by atoms with E-state index in [1.54, 1.807) is 0 Å². The van der Waals surface area contributed by atoms with Gasteiger partial charge in [-0.1, -0.05) is 97.8 Å². The van der Waals surface area contributed by atoms with Crippen LogP contribution >= 0.6 is 0 Å². The van der Waals surface area contributed by atoms with Crippen molar-refractivity contribution in [1.29, 1.82) is 0 Å². The summed E-state index contributed by atoms with van der Waals surface area (Å²) in [6.07, 6.45) is 17.5. The van der Waals surface area contributed by atoms with Crippen LogP contribution in [-0.2, 0) is 9.53 Å². The van der Waals surface area contributed by atoms with Crippen molar-refractivity contribution in [3.05, 3.63) is 0 Å². The Kier molecular flexibility index (Phi) is 16.4. The molecule has 0 aromatic carbocycles. The fraction of sp³-hybridized carbons (Fsp3) is 0.950. The van der Waals surface area contributed by atoms with Crippen LogP contribution in [0.25, 0.3) is 0 Å². The molecule has 0 aliphatic heterocycles. The molecule has 0 bridgehead atoms. The summed E-state index contributed by atoms with van der Waals surface area (Å²) >= 11 is 0. The minimum atomic E-state index is 0.0135. The summed E-state index contributed by atoms with van der Waals surface area (Å²) in [5.41, 5.74) is 0. The van der Waals surface area contributed by atoms with Crippen molar-refractivity contribution in [2.75, 3.05) is 6.61 Å². The zero-order valence-corrected chi connectivity index (χ0v) is 15.5. The molecule has 0 aromatic heterocycles. The quantitative estimate of drug-likeness (QED) is 0.235. The normalized spacial score (nSPS) is 12.3. The molecule has 0 rings (SSSR count). The summed E-state index contributed by atoms with van der Waals surface area (Å²) in [7, 11) is 0. The standard InChI is InChI=1S/C20H40O2/c1-4-6-8-10-12-14-16-18-22-20(21)19(3)17-15-13-11-9-7-5-2/h19H,4-18H2,1-3H3. The van der Waals surface area contributed by atoms with E-state index in [0.29, 0.717) is 6.61 Å². The van der Waals surface area contributed by atoms with Gasteiger partial charge in [-0.3, -0.25) is 4.79 Å². The smallest absolute Gasteiger partial charge is 0.308 e. The van der Waals surface area contributed by atoms with Crippen LogP contribution in [0.3, 0.4) is 0 Å². The number of unbranched alkanes of at least 4 members (excludes halogenated alkanes) is 11. The van der Waals surface area contributed by atoms with E-state index in [9.17, 15) is 4.79 Å². The Labute approximate surface area is 139 Å². The number of hydrogen-bond acceptors (Lipinski definition) is 2. The Balaban J connectivity index is 3.35. The van der Waals surface area contributed by atoms with Gasteiger partial charge in [0.2, 0.25) is 0 Å². The van der Waals surface area contributed by atoms with Crippen molar-refractivity contribution in [1.82, 2.24) is 0 Å². The Morgan fingerprint density at radius 1 is 0.727 bits per heavy atom. The number of hydrogen-bond donors (Lipinski definition) is 0. The maximum atomic E-state index is 11.9. The molecule has 0 aliphatic rings. The van der Waals surface area contributed by atoms with Crippen molar-refractivity contribution >= 4 is 5.97 Å². The lowest BCUT2D eigenvalue weighted by molar-refractivity contribution is -0.148. The van der Waals surface area contributed by atoms with Crippen molar-refractivity contribution in [2.24, 2.45) is 5.92 Å². The van der Waals surface area contributed by atoms with Gasteiger partial charge in [0.15, 0.2) is 0 Å². The Morgan fingerprint density at radius 2 is 1.18 bits per heavy atom. The molecule has 0 fully saturated rings. The molecule has 0 spiro atoms. The summed E-state index contributed by atoms with van der Waals surface area (Å²) in [6, 6.07) is 0. The van der Waals surface area contributed by atoms with Gasteiger partial charge in [0.05, 0.1) is 12.5 Å². The summed E-state index contributed by atoms with van der Waals surface area (Å²) in [6.45, 7) is 7.11. The summed E-state index contributed by atoms with van der Waals surface area (Å²) in [5.74, 6) is 0.0928.